The number of methoxy groups -OCH3 is 1. The minimum absolute atomic E-state index is 0.161. The van der Waals surface area contributed by atoms with Gasteiger partial charge in [-0.05, 0) is 37.5 Å². The van der Waals surface area contributed by atoms with Gasteiger partial charge in [-0.3, -0.25) is 0 Å². The second kappa shape index (κ2) is 8.50. The minimum Gasteiger partial charge on any atom is -0.399 e. The molecule has 0 aromatic heterocycles. The van der Waals surface area contributed by atoms with E-state index in [1.54, 1.807) is 26.2 Å². The quantitative estimate of drug-likeness (QED) is 0.866. The first-order valence-corrected chi connectivity index (χ1v) is 9.19. The van der Waals surface area contributed by atoms with Crippen molar-refractivity contribution in [1.29, 1.82) is 0 Å². The fourth-order valence-corrected chi connectivity index (χ4v) is 4.07. The molecule has 0 unspecified atom stereocenters. The van der Waals surface area contributed by atoms with Crippen molar-refractivity contribution in [1.82, 2.24) is 4.31 Å². The second-order valence-corrected chi connectivity index (χ2v) is 7.48. The molecule has 126 valence electrons. The summed E-state index contributed by atoms with van der Waals surface area (Å²) in [5.41, 5.74) is 6.89. The first-order valence-electron chi connectivity index (χ1n) is 7.75. The van der Waals surface area contributed by atoms with Crippen molar-refractivity contribution in [2.75, 3.05) is 25.9 Å². The lowest BCUT2D eigenvalue weighted by atomic mass is 10.1. The van der Waals surface area contributed by atoms with Gasteiger partial charge < -0.3 is 10.5 Å². The molecule has 0 bridgehead atoms. The Kier molecular flexibility index (Phi) is 7.32. The van der Waals surface area contributed by atoms with E-state index in [0.717, 1.165) is 18.4 Å². The van der Waals surface area contributed by atoms with Gasteiger partial charge >= 0.3 is 0 Å². The molecule has 2 N–H and O–H groups in total. The van der Waals surface area contributed by atoms with E-state index in [0.29, 0.717) is 23.7 Å². The highest BCUT2D eigenvalue weighted by Crippen LogP contribution is 2.25. The Morgan fingerprint density at radius 3 is 2.32 bits per heavy atom. The van der Waals surface area contributed by atoms with Crippen molar-refractivity contribution in [3.05, 3.63) is 23.8 Å². The average Bonchev–Trinajstić information content (AvgIpc) is 2.50. The lowest BCUT2D eigenvalue weighted by Crippen LogP contribution is -2.40. The largest absolute Gasteiger partial charge is 0.399 e. The van der Waals surface area contributed by atoms with Gasteiger partial charge in [-0.25, -0.2) is 8.42 Å². The van der Waals surface area contributed by atoms with Crippen LogP contribution in [-0.2, 0) is 14.8 Å². The maximum absolute atomic E-state index is 12.6. The third-order valence-corrected chi connectivity index (χ3v) is 5.60. The van der Waals surface area contributed by atoms with Gasteiger partial charge in [0, 0.05) is 25.9 Å². The number of nitrogen functional groups attached to an aromatic ring is 1. The highest BCUT2D eigenvalue weighted by Gasteiger charge is 2.30. The summed E-state index contributed by atoms with van der Waals surface area (Å²) < 4.78 is 31.9. The number of hydrogen-bond acceptors (Lipinski definition) is 4. The monoisotopic (exact) mass is 328 g/mol. The van der Waals surface area contributed by atoms with Crippen LogP contribution in [0.5, 0.6) is 0 Å². The van der Waals surface area contributed by atoms with Crippen LogP contribution in [0.1, 0.15) is 38.7 Å². The summed E-state index contributed by atoms with van der Waals surface area (Å²) in [5.74, 6) is 0. The molecular weight excluding hydrogens is 300 g/mol. The second-order valence-electron chi connectivity index (χ2n) is 5.57. The Labute approximate surface area is 134 Å². The normalized spacial score (nSPS) is 16.9. The third-order valence-electron chi connectivity index (χ3n) is 3.56. The number of benzene rings is 1. The van der Waals surface area contributed by atoms with E-state index in [4.69, 9.17) is 10.5 Å². The number of nitrogens with two attached hydrogens (primary N) is 1. The van der Waals surface area contributed by atoms with Gasteiger partial charge in [0.1, 0.15) is 0 Å². The number of nitrogens with zero attached hydrogens (tertiary/aromatic N) is 1. The van der Waals surface area contributed by atoms with Crippen LogP contribution in [0.25, 0.3) is 0 Å². The summed E-state index contributed by atoms with van der Waals surface area (Å²) in [4.78, 5) is 0.309. The molecular formula is C16H28N2O3S. The molecule has 0 saturated carbocycles. The van der Waals surface area contributed by atoms with Crippen molar-refractivity contribution in [3.63, 3.8) is 0 Å². The Hall–Kier alpha value is -1.11. The first-order chi connectivity index (χ1) is 10.4. The van der Waals surface area contributed by atoms with Crippen LogP contribution in [0.4, 0.5) is 5.69 Å². The number of anilines is 1. The SMILES string of the molecule is CCC.COC1CCN(S(=O)(=O)c2cc(N)ccc2C)CC1. The molecule has 1 fully saturated rings. The molecule has 1 heterocycles. The number of piperidine rings is 1. The van der Waals surface area contributed by atoms with Gasteiger partial charge in [0.05, 0.1) is 11.0 Å². The number of aryl methyl sites for hydroxylation is 1. The summed E-state index contributed by atoms with van der Waals surface area (Å²) in [6.07, 6.45) is 2.88. The molecule has 0 radical (unpaired) electrons. The van der Waals surface area contributed by atoms with E-state index in [-0.39, 0.29) is 6.10 Å². The van der Waals surface area contributed by atoms with Gasteiger partial charge in [0.15, 0.2) is 0 Å². The highest BCUT2D eigenvalue weighted by atomic mass is 32.2. The fraction of sp³-hybridized carbons (Fsp3) is 0.625. The summed E-state index contributed by atoms with van der Waals surface area (Å²) in [7, 11) is -1.79. The Morgan fingerprint density at radius 1 is 1.27 bits per heavy atom. The van der Waals surface area contributed by atoms with Crippen LogP contribution >= 0.6 is 0 Å². The van der Waals surface area contributed by atoms with Crippen molar-refractivity contribution in [2.24, 2.45) is 0 Å². The Balaban J connectivity index is 0.000000745. The van der Waals surface area contributed by atoms with E-state index >= 15 is 0 Å². The first kappa shape index (κ1) is 18.9. The summed E-state index contributed by atoms with van der Waals surface area (Å²) in [5, 5.41) is 0. The van der Waals surface area contributed by atoms with Gasteiger partial charge in [-0.15, -0.1) is 0 Å². The number of sulfonamides is 1. The topological polar surface area (TPSA) is 72.6 Å². The molecule has 1 saturated heterocycles. The van der Waals surface area contributed by atoms with Gasteiger partial charge in [0.25, 0.3) is 0 Å². The third kappa shape index (κ3) is 4.69. The zero-order chi connectivity index (χ0) is 16.8. The fourth-order valence-electron chi connectivity index (χ4n) is 2.34. The molecule has 1 aliphatic rings. The predicted molar refractivity (Wildman–Crippen MR) is 90.3 cm³/mol. The predicted octanol–water partition coefficient (Wildman–Crippen LogP) is 2.79. The lowest BCUT2D eigenvalue weighted by Gasteiger charge is -2.30. The number of ether oxygens (including phenoxy) is 1. The average molecular weight is 328 g/mol. The van der Waals surface area contributed by atoms with E-state index < -0.39 is 10.0 Å². The molecule has 1 aromatic carbocycles. The molecule has 1 aromatic rings. The standard InChI is InChI=1S/C13H20N2O3S.C3H8/c1-10-3-4-11(14)9-13(10)19(16,17)15-7-5-12(18-2)6-8-15;1-3-2/h3-4,9,12H,5-8,14H2,1-2H3;3H2,1-2H3. The number of rotatable bonds is 3. The molecule has 0 aliphatic carbocycles. The van der Waals surface area contributed by atoms with Crippen LogP contribution < -0.4 is 5.73 Å². The maximum atomic E-state index is 12.6. The molecule has 1 aliphatic heterocycles. The zero-order valence-electron chi connectivity index (χ0n) is 14.0. The van der Waals surface area contributed by atoms with Gasteiger partial charge in [-0.1, -0.05) is 26.3 Å². The summed E-state index contributed by atoms with van der Waals surface area (Å²) >= 11 is 0. The minimum atomic E-state index is -3.45. The highest BCUT2D eigenvalue weighted by molar-refractivity contribution is 7.89. The molecule has 5 nitrogen and oxygen atoms in total. The van der Waals surface area contributed by atoms with Crippen LogP contribution in [0.2, 0.25) is 0 Å². The molecule has 0 atom stereocenters. The maximum Gasteiger partial charge on any atom is 0.243 e. The molecule has 6 heteroatoms. The Bertz CT molecular complexity index is 565. The van der Waals surface area contributed by atoms with Gasteiger partial charge in [0.2, 0.25) is 10.0 Å². The Morgan fingerprint density at radius 2 is 1.82 bits per heavy atom. The smallest absolute Gasteiger partial charge is 0.243 e. The van der Waals surface area contributed by atoms with Crippen molar-refractivity contribution in [2.45, 2.75) is 51.0 Å². The van der Waals surface area contributed by atoms with Crippen LogP contribution in [-0.4, -0.2) is 39.0 Å². The molecule has 2 rings (SSSR count). The lowest BCUT2D eigenvalue weighted by molar-refractivity contribution is 0.0604. The van der Waals surface area contributed by atoms with E-state index in [1.807, 2.05) is 0 Å². The molecule has 0 spiro atoms. The van der Waals surface area contributed by atoms with Gasteiger partial charge in [-0.2, -0.15) is 4.31 Å². The van der Waals surface area contributed by atoms with Crippen LogP contribution in [0.3, 0.4) is 0 Å². The van der Waals surface area contributed by atoms with Crippen molar-refractivity contribution >= 4 is 15.7 Å². The van der Waals surface area contributed by atoms with Crippen LogP contribution in [0, 0.1) is 6.92 Å². The van der Waals surface area contributed by atoms with Crippen molar-refractivity contribution in [3.8, 4) is 0 Å². The molecule has 0 amide bonds. The summed E-state index contributed by atoms with van der Waals surface area (Å²) in [6, 6.07) is 4.99. The van der Waals surface area contributed by atoms with Crippen LogP contribution in [0.15, 0.2) is 23.1 Å². The van der Waals surface area contributed by atoms with E-state index in [9.17, 15) is 8.42 Å². The number of hydrogen-bond donors (Lipinski definition) is 1. The zero-order valence-corrected chi connectivity index (χ0v) is 14.8. The van der Waals surface area contributed by atoms with E-state index in [2.05, 4.69) is 13.8 Å². The summed E-state index contributed by atoms with van der Waals surface area (Å²) in [6.45, 7) is 7.03. The molecule has 22 heavy (non-hydrogen) atoms. The van der Waals surface area contributed by atoms with E-state index in [1.165, 1.54) is 16.8 Å². The van der Waals surface area contributed by atoms with Crippen molar-refractivity contribution < 1.29 is 13.2 Å².